The third-order valence-electron chi connectivity index (χ3n) is 3.99. The van der Waals surface area contributed by atoms with Crippen molar-refractivity contribution in [1.29, 1.82) is 0 Å². The lowest BCUT2D eigenvalue weighted by atomic mass is 10.0. The molecule has 0 bridgehead atoms. The lowest BCUT2D eigenvalue weighted by molar-refractivity contribution is 0.159. The fraction of sp³-hybridized carbons (Fsp3) is 0.929. The molecule has 21 heavy (non-hydrogen) atoms. The van der Waals surface area contributed by atoms with Gasteiger partial charge in [0.15, 0.2) is 9.84 Å². The number of urea groups is 1. The van der Waals surface area contributed by atoms with E-state index in [-0.39, 0.29) is 24.1 Å². The third-order valence-corrected chi connectivity index (χ3v) is 5.69. The molecule has 1 unspecified atom stereocenters. The maximum absolute atomic E-state index is 11.5. The summed E-state index contributed by atoms with van der Waals surface area (Å²) in [7, 11) is -3.01. The molecular weight excluding hydrogens is 290 g/mol. The summed E-state index contributed by atoms with van der Waals surface area (Å²) >= 11 is 0. The molecule has 1 aliphatic heterocycles. The average molecular weight is 319 g/mol. The Balaban J connectivity index is 2.05. The van der Waals surface area contributed by atoms with Crippen molar-refractivity contribution in [2.24, 2.45) is 0 Å². The van der Waals surface area contributed by atoms with Gasteiger partial charge >= 0.3 is 6.03 Å². The Bertz CT molecular complexity index is 412. The molecule has 1 fully saturated rings. The Morgan fingerprint density at radius 1 is 1.24 bits per heavy atom. The zero-order chi connectivity index (χ0) is 15.7. The molecule has 0 aliphatic carbocycles. The first kappa shape index (κ1) is 18.2. The van der Waals surface area contributed by atoms with Gasteiger partial charge in [0.05, 0.1) is 5.75 Å². The molecule has 1 rings (SSSR count). The quantitative estimate of drug-likeness (QED) is 0.654. The molecule has 0 spiro atoms. The standard InChI is InChI=1S/C14H29N3O3S/c1-3-21(19,20)12-9-16-14(18)15-8-6-11-17-10-5-4-7-13(17)2/h13H,3-12H2,1-2H3,(H2,15,16,18). The van der Waals surface area contributed by atoms with Crippen molar-refractivity contribution in [1.82, 2.24) is 15.5 Å². The molecule has 1 atom stereocenters. The van der Waals surface area contributed by atoms with Crippen LogP contribution in [0.4, 0.5) is 4.79 Å². The van der Waals surface area contributed by atoms with E-state index in [1.54, 1.807) is 6.92 Å². The van der Waals surface area contributed by atoms with Crippen molar-refractivity contribution in [3.05, 3.63) is 0 Å². The number of nitrogens with zero attached hydrogens (tertiary/aromatic N) is 1. The van der Waals surface area contributed by atoms with Crippen LogP contribution >= 0.6 is 0 Å². The fourth-order valence-corrected chi connectivity index (χ4v) is 3.20. The van der Waals surface area contributed by atoms with Gasteiger partial charge in [0, 0.05) is 31.4 Å². The number of rotatable bonds is 8. The predicted octanol–water partition coefficient (Wildman–Crippen LogP) is 0.985. The molecule has 6 nitrogen and oxygen atoms in total. The monoisotopic (exact) mass is 319 g/mol. The third kappa shape index (κ3) is 7.66. The Kier molecular flexibility index (Phi) is 8.03. The van der Waals surface area contributed by atoms with Crippen LogP contribution in [0.2, 0.25) is 0 Å². The topological polar surface area (TPSA) is 78.5 Å². The van der Waals surface area contributed by atoms with Crippen molar-refractivity contribution in [2.75, 3.05) is 37.7 Å². The Morgan fingerprint density at radius 3 is 2.62 bits per heavy atom. The van der Waals surface area contributed by atoms with Crippen LogP contribution in [0.5, 0.6) is 0 Å². The summed E-state index contributed by atoms with van der Waals surface area (Å²) in [6.45, 7) is 6.82. The summed E-state index contributed by atoms with van der Waals surface area (Å²) in [6, 6.07) is 0.361. The first-order chi connectivity index (χ1) is 9.94. The van der Waals surface area contributed by atoms with Crippen LogP contribution in [0.15, 0.2) is 0 Å². The Labute approximate surface area is 128 Å². The van der Waals surface area contributed by atoms with E-state index in [1.807, 2.05) is 0 Å². The van der Waals surface area contributed by atoms with Gasteiger partial charge in [-0.1, -0.05) is 13.3 Å². The zero-order valence-electron chi connectivity index (χ0n) is 13.2. The van der Waals surface area contributed by atoms with Gasteiger partial charge < -0.3 is 15.5 Å². The lowest BCUT2D eigenvalue weighted by Gasteiger charge is -2.33. The highest BCUT2D eigenvalue weighted by Crippen LogP contribution is 2.15. The van der Waals surface area contributed by atoms with E-state index in [4.69, 9.17) is 0 Å². The van der Waals surface area contributed by atoms with E-state index in [0.29, 0.717) is 12.6 Å². The summed E-state index contributed by atoms with van der Waals surface area (Å²) < 4.78 is 22.5. The SMILES string of the molecule is CCS(=O)(=O)CCNC(=O)NCCCN1CCCCC1C. The van der Waals surface area contributed by atoms with Crippen LogP contribution in [-0.4, -0.2) is 63.1 Å². The van der Waals surface area contributed by atoms with Gasteiger partial charge in [-0.2, -0.15) is 0 Å². The van der Waals surface area contributed by atoms with Gasteiger partial charge in [-0.05, 0) is 32.7 Å². The second-order valence-electron chi connectivity index (χ2n) is 5.65. The van der Waals surface area contributed by atoms with Gasteiger partial charge in [-0.15, -0.1) is 0 Å². The van der Waals surface area contributed by atoms with Crippen molar-refractivity contribution in [3.8, 4) is 0 Å². The first-order valence-electron chi connectivity index (χ1n) is 7.91. The number of hydrogen-bond donors (Lipinski definition) is 2. The van der Waals surface area contributed by atoms with E-state index in [0.717, 1.165) is 19.5 Å². The number of carbonyl (C=O) groups excluding carboxylic acids is 1. The number of sulfone groups is 1. The van der Waals surface area contributed by atoms with Crippen LogP contribution in [0, 0.1) is 0 Å². The second-order valence-corrected chi connectivity index (χ2v) is 8.13. The number of hydrogen-bond acceptors (Lipinski definition) is 4. The summed E-state index contributed by atoms with van der Waals surface area (Å²) in [5.74, 6) is 0.118. The average Bonchev–Trinajstić information content (AvgIpc) is 2.45. The van der Waals surface area contributed by atoms with Crippen molar-refractivity contribution < 1.29 is 13.2 Å². The highest BCUT2D eigenvalue weighted by atomic mass is 32.2. The van der Waals surface area contributed by atoms with Gasteiger partial charge in [0.2, 0.25) is 0 Å². The van der Waals surface area contributed by atoms with Crippen LogP contribution in [0.25, 0.3) is 0 Å². The van der Waals surface area contributed by atoms with E-state index in [1.165, 1.54) is 19.3 Å². The molecule has 0 aromatic heterocycles. The van der Waals surface area contributed by atoms with E-state index >= 15 is 0 Å². The minimum absolute atomic E-state index is 0.00219. The minimum atomic E-state index is -3.01. The molecule has 7 heteroatoms. The van der Waals surface area contributed by atoms with E-state index in [2.05, 4.69) is 22.5 Å². The Hall–Kier alpha value is -0.820. The van der Waals surface area contributed by atoms with Gasteiger partial charge in [0.1, 0.15) is 0 Å². The number of nitrogens with one attached hydrogen (secondary N) is 2. The summed E-state index contributed by atoms with van der Waals surface area (Å²) in [5.41, 5.74) is 0. The Morgan fingerprint density at radius 2 is 1.95 bits per heavy atom. The highest BCUT2D eigenvalue weighted by molar-refractivity contribution is 7.91. The van der Waals surface area contributed by atoms with Crippen LogP contribution < -0.4 is 10.6 Å². The molecule has 0 aromatic rings. The van der Waals surface area contributed by atoms with Crippen molar-refractivity contribution >= 4 is 15.9 Å². The van der Waals surface area contributed by atoms with E-state index < -0.39 is 9.84 Å². The van der Waals surface area contributed by atoms with Crippen LogP contribution in [0.3, 0.4) is 0 Å². The van der Waals surface area contributed by atoms with E-state index in [9.17, 15) is 13.2 Å². The predicted molar refractivity (Wildman–Crippen MR) is 85.2 cm³/mol. The molecule has 0 radical (unpaired) electrons. The largest absolute Gasteiger partial charge is 0.338 e. The number of amides is 2. The molecule has 0 aromatic carbocycles. The van der Waals surface area contributed by atoms with Gasteiger partial charge in [-0.25, -0.2) is 13.2 Å². The number of likely N-dealkylation sites (tertiary alicyclic amines) is 1. The van der Waals surface area contributed by atoms with Gasteiger partial charge in [-0.3, -0.25) is 0 Å². The van der Waals surface area contributed by atoms with Gasteiger partial charge in [0.25, 0.3) is 0 Å². The normalized spacial score (nSPS) is 20.2. The van der Waals surface area contributed by atoms with Crippen LogP contribution in [-0.2, 0) is 9.84 Å². The lowest BCUT2D eigenvalue weighted by Crippen LogP contribution is -2.41. The molecule has 124 valence electrons. The van der Waals surface area contributed by atoms with Crippen LogP contribution in [0.1, 0.15) is 39.5 Å². The van der Waals surface area contributed by atoms with Crippen molar-refractivity contribution in [3.63, 3.8) is 0 Å². The minimum Gasteiger partial charge on any atom is -0.338 e. The number of carbonyl (C=O) groups is 1. The first-order valence-corrected chi connectivity index (χ1v) is 9.73. The molecule has 2 N–H and O–H groups in total. The highest BCUT2D eigenvalue weighted by Gasteiger charge is 2.17. The number of piperidine rings is 1. The smallest absolute Gasteiger partial charge is 0.314 e. The fourth-order valence-electron chi connectivity index (χ4n) is 2.50. The maximum atomic E-state index is 11.5. The summed E-state index contributed by atoms with van der Waals surface area (Å²) in [5, 5.41) is 5.35. The molecule has 0 saturated carbocycles. The summed E-state index contributed by atoms with van der Waals surface area (Å²) in [4.78, 5) is 14.0. The maximum Gasteiger partial charge on any atom is 0.314 e. The molecule has 2 amide bonds. The van der Waals surface area contributed by atoms with Crippen molar-refractivity contribution in [2.45, 2.75) is 45.6 Å². The summed E-state index contributed by atoms with van der Waals surface area (Å²) in [6.07, 6.45) is 4.77. The zero-order valence-corrected chi connectivity index (χ0v) is 14.0. The second kappa shape index (κ2) is 9.25. The molecule has 1 heterocycles. The molecule has 1 saturated heterocycles. The molecular formula is C14H29N3O3S. The molecule has 1 aliphatic rings.